The smallest absolute Gasteiger partial charge is 0.272 e. The van der Waals surface area contributed by atoms with E-state index in [0.29, 0.717) is 31.7 Å². The lowest BCUT2D eigenvalue weighted by atomic mass is 10.2. The van der Waals surface area contributed by atoms with Crippen LogP contribution in [0.5, 0.6) is 0 Å². The van der Waals surface area contributed by atoms with Gasteiger partial charge in [-0.05, 0) is 19.1 Å². The van der Waals surface area contributed by atoms with Crippen LogP contribution in [0.3, 0.4) is 0 Å². The van der Waals surface area contributed by atoms with Crippen molar-refractivity contribution in [1.82, 2.24) is 9.62 Å². The predicted octanol–water partition coefficient (Wildman–Crippen LogP) is 0.919. The molecule has 0 aromatic heterocycles. The number of hydrogen-bond donors (Lipinski definition) is 1. The molecule has 0 atom stereocenters. The first-order valence-electron chi connectivity index (χ1n) is 5.89. The van der Waals surface area contributed by atoms with Gasteiger partial charge in [0.2, 0.25) is 10.0 Å². The zero-order valence-electron chi connectivity index (χ0n) is 10.9. The van der Waals surface area contributed by atoms with E-state index in [9.17, 15) is 18.5 Å². The van der Waals surface area contributed by atoms with Crippen LogP contribution in [-0.4, -0.2) is 43.8 Å². The highest BCUT2D eigenvalue weighted by atomic mass is 35.5. The Kier molecular flexibility index (Phi) is 5.46. The lowest BCUT2D eigenvalue weighted by Crippen LogP contribution is -2.46. The SMILES string of the molecule is Cc1cc(S(=O)(=O)N2CCNCC2)ccc1[N+](=O)[O-].Cl. The Morgan fingerprint density at radius 1 is 1.30 bits per heavy atom. The van der Waals surface area contributed by atoms with Gasteiger partial charge in [-0.1, -0.05) is 0 Å². The van der Waals surface area contributed by atoms with Crippen LogP contribution in [0.15, 0.2) is 23.1 Å². The number of nitrogens with one attached hydrogen (secondary N) is 1. The van der Waals surface area contributed by atoms with Gasteiger partial charge in [0.25, 0.3) is 5.69 Å². The number of sulfonamides is 1. The van der Waals surface area contributed by atoms with Crippen molar-refractivity contribution in [2.24, 2.45) is 0 Å². The molecular formula is C11H16ClN3O4S. The van der Waals surface area contributed by atoms with Crippen LogP contribution in [0.4, 0.5) is 5.69 Å². The number of nitro groups is 1. The van der Waals surface area contributed by atoms with E-state index in [2.05, 4.69) is 5.32 Å². The van der Waals surface area contributed by atoms with Crippen molar-refractivity contribution in [2.75, 3.05) is 26.2 Å². The molecule has 1 N–H and O–H groups in total. The minimum atomic E-state index is -3.56. The molecule has 1 heterocycles. The Hall–Kier alpha value is -1.22. The summed E-state index contributed by atoms with van der Waals surface area (Å²) >= 11 is 0. The minimum Gasteiger partial charge on any atom is -0.314 e. The van der Waals surface area contributed by atoms with Crippen molar-refractivity contribution >= 4 is 28.1 Å². The fraction of sp³-hybridized carbons (Fsp3) is 0.455. The molecule has 2 rings (SSSR count). The van der Waals surface area contributed by atoms with E-state index in [4.69, 9.17) is 0 Å². The highest BCUT2D eigenvalue weighted by Gasteiger charge is 2.27. The summed E-state index contributed by atoms with van der Waals surface area (Å²) < 4.78 is 26.1. The minimum absolute atomic E-state index is 0. The van der Waals surface area contributed by atoms with Crippen molar-refractivity contribution in [3.05, 3.63) is 33.9 Å². The summed E-state index contributed by atoms with van der Waals surface area (Å²) in [6.45, 7) is 3.60. The van der Waals surface area contributed by atoms with Gasteiger partial charge in [-0.15, -0.1) is 12.4 Å². The average molecular weight is 322 g/mol. The first kappa shape index (κ1) is 16.8. The Morgan fingerprint density at radius 2 is 1.90 bits per heavy atom. The zero-order valence-corrected chi connectivity index (χ0v) is 12.5. The second-order valence-electron chi connectivity index (χ2n) is 4.36. The Labute approximate surface area is 123 Å². The zero-order chi connectivity index (χ0) is 14.0. The summed E-state index contributed by atoms with van der Waals surface area (Å²) in [6, 6.07) is 3.89. The number of benzene rings is 1. The number of piperazine rings is 1. The largest absolute Gasteiger partial charge is 0.314 e. The summed E-state index contributed by atoms with van der Waals surface area (Å²) in [5.41, 5.74) is 0.278. The van der Waals surface area contributed by atoms with E-state index in [1.807, 2.05) is 0 Å². The maximum atomic E-state index is 12.3. The van der Waals surface area contributed by atoms with Crippen LogP contribution in [0.2, 0.25) is 0 Å². The number of rotatable bonds is 3. The topological polar surface area (TPSA) is 92.6 Å². The van der Waals surface area contributed by atoms with E-state index in [1.54, 1.807) is 0 Å². The number of halogens is 1. The van der Waals surface area contributed by atoms with Gasteiger partial charge in [0, 0.05) is 37.8 Å². The third-order valence-electron chi connectivity index (χ3n) is 3.08. The van der Waals surface area contributed by atoms with E-state index in [1.165, 1.54) is 29.4 Å². The molecule has 0 bridgehead atoms. The molecule has 112 valence electrons. The van der Waals surface area contributed by atoms with Gasteiger partial charge in [0.1, 0.15) is 0 Å². The molecule has 1 fully saturated rings. The summed E-state index contributed by atoms with van der Waals surface area (Å²) in [5.74, 6) is 0. The predicted molar refractivity (Wildman–Crippen MR) is 76.7 cm³/mol. The van der Waals surface area contributed by atoms with Crippen LogP contribution in [0, 0.1) is 17.0 Å². The summed E-state index contributed by atoms with van der Waals surface area (Å²) in [6.07, 6.45) is 0. The van der Waals surface area contributed by atoms with Gasteiger partial charge >= 0.3 is 0 Å². The third kappa shape index (κ3) is 3.26. The summed E-state index contributed by atoms with van der Waals surface area (Å²) in [5, 5.41) is 13.8. The third-order valence-corrected chi connectivity index (χ3v) is 4.97. The maximum absolute atomic E-state index is 12.3. The van der Waals surface area contributed by atoms with Crippen LogP contribution >= 0.6 is 12.4 Å². The Balaban J connectivity index is 0.00000200. The van der Waals surface area contributed by atoms with Crippen molar-refractivity contribution in [3.63, 3.8) is 0 Å². The number of nitrogens with zero attached hydrogens (tertiary/aromatic N) is 2. The fourth-order valence-corrected chi connectivity index (χ4v) is 3.55. The number of aryl methyl sites for hydroxylation is 1. The molecule has 0 radical (unpaired) electrons. The quantitative estimate of drug-likeness (QED) is 0.660. The highest BCUT2D eigenvalue weighted by molar-refractivity contribution is 7.89. The second-order valence-corrected chi connectivity index (χ2v) is 6.30. The van der Waals surface area contributed by atoms with Gasteiger partial charge in [-0.3, -0.25) is 10.1 Å². The molecule has 20 heavy (non-hydrogen) atoms. The van der Waals surface area contributed by atoms with Crippen molar-refractivity contribution in [3.8, 4) is 0 Å². The standard InChI is InChI=1S/C11H15N3O4S.ClH/c1-9-8-10(2-3-11(9)14(15)16)19(17,18)13-6-4-12-5-7-13;/h2-3,8,12H,4-7H2,1H3;1H. The summed E-state index contributed by atoms with van der Waals surface area (Å²) in [7, 11) is -3.56. The van der Waals surface area contributed by atoms with Crippen LogP contribution in [0.25, 0.3) is 0 Å². The molecule has 9 heteroatoms. The number of hydrogen-bond acceptors (Lipinski definition) is 5. The fourth-order valence-electron chi connectivity index (χ4n) is 2.03. The molecule has 1 aromatic rings. The van der Waals surface area contributed by atoms with Gasteiger partial charge in [-0.25, -0.2) is 8.42 Å². The van der Waals surface area contributed by atoms with Crippen molar-refractivity contribution in [1.29, 1.82) is 0 Å². The maximum Gasteiger partial charge on any atom is 0.272 e. The average Bonchev–Trinajstić information content (AvgIpc) is 2.39. The van der Waals surface area contributed by atoms with Gasteiger partial charge < -0.3 is 5.32 Å². The normalized spacial score (nSPS) is 16.4. The van der Waals surface area contributed by atoms with Crippen LogP contribution in [0.1, 0.15) is 5.56 Å². The van der Waals surface area contributed by atoms with Gasteiger partial charge in [-0.2, -0.15) is 4.31 Å². The Morgan fingerprint density at radius 3 is 2.40 bits per heavy atom. The highest BCUT2D eigenvalue weighted by Crippen LogP contribution is 2.23. The van der Waals surface area contributed by atoms with Gasteiger partial charge in [0.15, 0.2) is 0 Å². The first-order chi connectivity index (χ1) is 8.93. The van der Waals surface area contributed by atoms with E-state index < -0.39 is 14.9 Å². The van der Waals surface area contributed by atoms with Gasteiger partial charge in [0.05, 0.1) is 9.82 Å². The Bertz CT molecular complexity index is 600. The molecule has 1 aliphatic heterocycles. The number of nitro benzene ring substituents is 1. The lowest BCUT2D eigenvalue weighted by Gasteiger charge is -2.26. The molecule has 0 spiro atoms. The molecule has 0 saturated carbocycles. The molecule has 0 amide bonds. The van der Waals surface area contributed by atoms with E-state index in [0.717, 1.165) is 0 Å². The molecule has 0 aliphatic carbocycles. The van der Waals surface area contributed by atoms with Crippen LogP contribution in [-0.2, 0) is 10.0 Å². The molecule has 1 aromatic carbocycles. The molecular weight excluding hydrogens is 306 g/mol. The second kappa shape index (κ2) is 6.49. The van der Waals surface area contributed by atoms with Crippen molar-refractivity contribution in [2.45, 2.75) is 11.8 Å². The summed E-state index contributed by atoms with van der Waals surface area (Å²) in [4.78, 5) is 10.3. The molecule has 0 unspecified atom stereocenters. The van der Waals surface area contributed by atoms with Crippen molar-refractivity contribution < 1.29 is 13.3 Å². The molecule has 1 aliphatic rings. The molecule has 7 nitrogen and oxygen atoms in total. The monoisotopic (exact) mass is 321 g/mol. The first-order valence-corrected chi connectivity index (χ1v) is 7.33. The van der Waals surface area contributed by atoms with E-state index in [-0.39, 0.29) is 23.0 Å². The van der Waals surface area contributed by atoms with Crippen LogP contribution < -0.4 is 5.32 Å². The lowest BCUT2D eigenvalue weighted by molar-refractivity contribution is -0.385. The van der Waals surface area contributed by atoms with E-state index >= 15 is 0 Å². The molecule has 1 saturated heterocycles.